The van der Waals surface area contributed by atoms with Crippen molar-refractivity contribution in [2.45, 2.75) is 19.5 Å². The van der Waals surface area contributed by atoms with Gasteiger partial charge in [-0.3, -0.25) is 0 Å². The van der Waals surface area contributed by atoms with Crippen LogP contribution in [-0.2, 0) is 6.54 Å². The van der Waals surface area contributed by atoms with E-state index in [1.165, 1.54) is 5.56 Å². The second kappa shape index (κ2) is 5.79. The summed E-state index contributed by atoms with van der Waals surface area (Å²) in [5, 5.41) is 4.68. The van der Waals surface area contributed by atoms with Crippen LogP contribution in [0.2, 0.25) is 10.0 Å². The average molecular weight is 283 g/mol. The zero-order valence-corrected chi connectivity index (χ0v) is 12.0. The minimum Gasteiger partial charge on any atom is -0.350 e. The first-order chi connectivity index (χ1) is 8.60. The summed E-state index contributed by atoms with van der Waals surface area (Å²) in [5.41, 5.74) is 2.29. The minimum atomic E-state index is 0.348. The highest BCUT2D eigenvalue weighted by atomic mass is 35.5. The predicted molar refractivity (Wildman–Crippen MR) is 77.5 cm³/mol. The molecule has 1 aromatic heterocycles. The van der Waals surface area contributed by atoms with E-state index in [4.69, 9.17) is 23.2 Å². The number of hydrogen-bond donors (Lipinski definition) is 1. The highest BCUT2D eigenvalue weighted by molar-refractivity contribution is 6.33. The monoisotopic (exact) mass is 282 g/mol. The van der Waals surface area contributed by atoms with E-state index in [2.05, 4.69) is 35.3 Å². The van der Waals surface area contributed by atoms with Crippen LogP contribution >= 0.6 is 23.2 Å². The molecule has 0 spiro atoms. The summed E-state index contributed by atoms with van der Waals surface area (Å²) in [6.07, 6.45) is 4.18. The Morgan fingerprint density at radius 2 is 2.06 bits per heavy atom. The summed E-state index contributed by atoms with van der Waals surface area (Å²) >= 11 is 12.1. The van der Waals surface area contributed by atoms with Crippen LogP contribution in [0.1, 0.15) is 24.1 Å². The molecule has 0 aliphatic heterocycles. The molecule has 0 bridgehead atoms. The minimum absolute atomic E-state index is 0.348. The largest absolute Gasteiger partial charge is 0.350 e. The molecule has 2 nitrogen and oxygen atoms in total. The van der Waals surface area contributed by atoms with Crippen LogP contribution in [0.3, 0.4) is 0 Å². The number of aromatic nitrogens is 1. The molecule has 1 heterocycles. The summed E-state index contributed by atoms with van der Waals surface area (Å²) in [6.45, 7) is 2.86. The van der Waals surface area contributed by atoms with Crippen molar-refractivity contribution in [1.82, 2.24) is 9.88 Å². The highest BCUT2D eigenvalue weighted by Gasteiger charge is 2.06. The molecule has 2 rings (SSSR count). The summed E-state index contributed by atoms with van der Waals surface area (Å²) in [7, 11) is 1.95. The van der Waals surface area contributed by atoms with Gasteiger partial charge in [0.15, 0.2) is 0 Å². The molecule has 4 heteroatoms. The van der Waals surface area contributed by atoms with Crippen molar-refractivity contribution in [2.24, 2.45) is 0 Å². The molecule has 1 unspecified atom stereocenters. The van der Waals surface area contributed by atoms with Crippen LogP contribution < -0.4 is 5.32 Å². The van der Waals surface area contributed by atoms with Crippen LogP contribution in [0.4, 0.5) is 0 Å². The molecule has 0 radical (unpaired) electrons. The number of nitrogens with one attached hydrogen (secondary N) is 1. The molecule has 0 saturated carbocycles. The van der Waals surface area contributed by atoms with Crippen molar-refractivity contribution in [3.05, 3.63) is 57.8 Å². The molecule has 1 N–H and O–H groups in total. The first kappa shape index (κ1) is 13.5. The Bertz CT molecular complexity index is 534. The molecule has 96 valence electrons. The average Bonchev–Trinajstić information content (AvgIpc) is 2.81. The second-order valence-electron chi connectivity index (χ2n) is 4.36. The van der Waals surface area contributed by atoms with Crippen LogP contribution in [0, 0.1) is 0 Å². The Kier molecular flexibility index (Phi) is 4.33. The molecule has 0 aliphatic rings. The summed E-state index contributed by atoms with van der Waals surface area (Å²) in [4.78, 5) is 0. The van der Waals surface area contributed by atoms with Gasteiger partial charge < -0.3 is 9.88 Å². The Hall–Kier alpha value is -0.960. The Morgan fingerprint density at radius 1 is 1.28 bits per heavy atom. The summed E-state index contributed by atoms with van der Waals surface area (Å²) in [6, 6.07) is 8.00. The second-order valence-corrected chi connectivity index (χ2v) is 5.21. The van der Waals surface area contributed by atoms with Crippen LogP contribution in [-0.4, -0.2) is 11.6 Å². The van der Waals surface area contributed by atoms with Gasteiger partial charge in [-0.1, -0.05) is 23.2 Å². The highest BCUT2D eigenvalue weighted by Crippen LogP contribution is 2.22. The fraction of sp³-hybridized carbons (Fsp3) is 0.286. The topological polar surface area (TPSA) is 17.0 Å². The lowest BCUT2D eigenvalue weighted by molar-refractivity contribution is 0.649. The maximum atomic E-state index is 6.16. The molecule has 0 fully saturated rings. The number of rotatable bonds is 4. The van der Waals surface area contributed by atoms with E-state index in [0.717, 1.165) is 17.1 Å². The van der Waals surface area contributed by atoms with E-state index in [1.807, 2.05) is 19.2 Å². The fourth-order valence-corrected chi connectivity index (χ4v) is 2.21. The molecular formula is C14H16Cl2N2. The lowest BCUT2D eigenvalue weighted by atomic mass is 10.2. The van der Waals surface area contributed by atoms with Gasteiger partial charge in [0, 0.05) is 35.0 Å². The zero-order chi connectivity index (χ0) is 13.1. The Balaban J connectivity index is 2.18. The lowest BCUT2D eigenvalue weighted by Gasteiger charge is -2.08. The molecular weight excluding hydrogens is 267 g/mol. The van der Waals surface area contributed by atoms with Gasteiger partial charge in [-0.05, 0) is 49.4 Å². The lowest BCUT2D eigenvalue weighted by Crippen LogP contribution is -2.11. The SMILES string of the molecule is CNC(C)c1ccn(Cc2cc(Cl)ccc2Cl)c1. The van der Waals surface area contributed by atoms with E-state index < -0.39 is 0 Å². The van der Waals surface area contributed by atoms with E-state index >= 15 is 0 Å². The molecule has 0 amide bonds. The zero-order valence-electron chi connectivity index (χ0n) is 10.5. The number of halogens is 2. The normalized spacial score (nSPS) is 12.7. The van der Waals surface area contributed by atoms with E-state index in [0.29, 0.717) is 11.1 Å². The molecule has 2 aromatic rings. The number of benzene rings is 1. The smallest absolute Gasteiger partial charge is 0.0485 e. The first-order valence-corrected chi connectivity index (χ1v) is 6.62. The van der Waals surface area contributed by atoms with Gasteiger partial charge in [0.2, 0.25) is 0 Å². The predicted octanol–water partition coefficient (Wildman–Crippen LogP) is 4.12. The third kappa shape index (κ3) is 3.08. The van der Waals surface area contributed by atoms with Gasteiger partial charge in [0.05, 0.1) is 0 Å². The van der Waals surface area contributed by atoms with Gasteiger partial charge in [-0.15, -0.1) is 0 Å². The fourth-order valence-electron chi connectivity index (χ4n) is 1.84. The van der Waals surface area contributed by atoms with Crippen LogP contribution in [0.25, 0.3) is 0 Å². The van der Waals surface area contributed by atoms with Crippen LogP contribution in [0.5, 0.6) is 0 Å². The van der Waals surface area contributed by atoms with Gasteiger partial charge in [0.25, 0.3) is 0 Å². The number of hydrogen-bond acceptors (Lipinski definition) is 1. The number of nitrogens with zero attached hydrogens (tertiary/aromatic N) is 1. The molecule has 0 aliphatic carbocycles. The van der Waals surface area contributed by atoms with Gasteiger partial charge in [-0.25, -0.2) is 0 Å². The van der Waals surface area contributed by atoms with Gasteiger partial charge >= 0.3 is 0 Å². The molecule has 1 aromatic carbocycles. The van der Waals surface area contributed by atoms with Crippen molar-refractivity contribution in [2.75, 3.05) is 7.05 Å². The van der Waals surface area contributed by atoms with Crippen molar-refractivity contribution >= 4 is 23.2 Å². The Labute approximate surface area is 118 Å². The molecule has 0 saturated heterocycles. The molecule has 1 atom stereocenters. The van der Waals surface area contributed by atoms with Crippen molar-refractivity contribution in [3.63, 3.8) is 0 Å². The van der Waals surface area contributed by atoms with E-state index in [9.17, 15) is 0 Å². The van der Waals surface area contributed by atoms with Gasteiger partial charge in [-0.2, -0.15) is 0 Å². The van der Waals surface area contributed by atoms with Crippen LogP contribution in [0.15, 0.2) is 36.7 Å². The van der Waals surface area contributed by atoms with E-state index in [1.54, 1.807) is 6.07 Å². The summed E-state index contributed by atoms with van der Waals surface area (Å²) in [5.74, 6) is 0. The third-order valence-corrected chi connectivity index (χ3v) is 3.67. The van der Waals surface area contributed by atoms with Crippen molar-refractivity contribution in [1.29, 1.82) is 0 Å². The summed E-state index contributed by atoms with van der Waals surface area (Å²) < 4.78 is 2.11. The van der Waals surface area contributed by atoms with Gasteiger partial charge in [0.1, 0.15) is 0 Å². The quantitative estimate of drug-likeness (QED) is 0.893. The molecule has 18 heavy (non-hydrogen) atoms. The first-order valence-electron chi connectivity index (χ1n) is 5.87. The van der Waals surface area contributed by atoms with Crippen molar-refractivity contribution in [3.8, 4) is 0 Å². The third-order valence-electron chi connectivity index (χ3n) is 3.07. The van der Waals surface area contributed by atoms with Crippen molar-refractivity contribution < 1.29 is 0 Å². The van der Waals surface area contributed by atoms with E-state index in [-0.39, 0.29) is 0 Å². The maximum absolute atomic E-state index is 6.16. The standard InChI is InChI=1S/C14H16Cl2N2/c1-10(17-2)11-5-6-18(8-11)9-12-7-13(15)3-4-14(12)16/h3-8,10,17H,9H2,1-2H3. The Morgan fingerprint density at radius 3 is 2.78 bits per heavy atom. The maximum Gasteiger partial charge on any atom is 0.0485 e.